The minimum Gasteiger partial charge on any atom is -0.393 e. The van der Waals surface area contributed by atoms with Gasteiger partial charge in [-0.15, -0.1) is 0 Å². The fourth-order valence-corrected chi connectivity index (χ4v) is 5.44. The number of benzene rings is 2. The lowest BCUT2D eigenvalue weighted by molar-refractivity contribution is 0.0192. The molecule has 1 amide bonds. The monoisotopic (exact) mass is 394 g/mol. The zero-order valence-corrected chi connectivity index (χ0v) is 16.9. The van der Waals surface area contributed by atoms with Crippen molar-refractivity contribution in [3.05, 3.63) is 47.0 Å². The van der Waals surface area contributed by atoms with E-state index in [1.165, 1.54) is 10.9 Å². The number of hydrogen-bond donors (Lipinski definition) is 2. The van der Waals surface area contributed by atoms with Crippen LogP contribution in [0.25, 0.3) is 10.8 Å². The van der Waals surface area contributed by atoms with Gasteiger partial charge in [-0.2, -0.15) is 0 Å². The van der Waals surface area contributed by atoms with Gasteiger partial charge in [0.1, 0.15) is 0 Å². The number of hydrogen-bond acceptors (Lipinski definition) is 4. The predicted octanol–water partition coefficient (Wildman–Crippen LogP) is 3.06. The third kappa shape index (κ3) is 3.45. The van der Waals surface area contributed by atoms with Gasteiger partial charge in [0.05, 0.1) is 18.2 Å². The molecule has 5 nitrogen and oxygen atoms in total. The molecular formula is C24H30N2O3. The lowest BCUT2D eigenvalue weighted by atomic mass is 9.91. The van der Waals surface area contributed by atoms with Crippen LogP contribution in [0.3, 0.4) is 0 Å². The van der Waals surface area contributed by atoms with Gasteiger partial charge < -0.3 is 15.1 Å². The Hall–Kier alpha value is -1.95. The highest BCUT2D eigenvalue weighted by molar-refractivity contribution is 6.05. The summed E-state index contributed by atoms with van der Waals surface area (Å²) in [6.07, 6.45) is 4.84. The van der Waals surface area contributed by atoms with Gasteiger partial charge >= 0.3 is 0 Å². The zero-order chi connectivity index (χ0) is 20.0. The molecule has 0 aromatic heterocycles. The van der Waals surface area contributed by atoms with E-state index in [0.29, 0.717) is 6.54 Å². The molecule has 3 aliphatic rings. The van der Waals surface area contributed by atoms with Crippen LogP contribution < -0.4 is 0 Å². The highest BCUT2D eigenvalue weighted by Crippen LogP contribution is 2.37. The molecule has 1 saturated heterocycles. The van der Waals surface area contributed by atoms with Crippen LogP contribution in [0.15, 0.2) is 30.3 Å². The average Bonchev–Trinajstić information content (AvgIpc) is 3.07. The van der Waals surface area contributed by atoms with Gasteiger partial charge in [0.2, 0.25) is 0 Å². The average molecular weight is 395 g/mol. The van der Waals surface area contributed by atoms with Gasteiger partial charge in [0, 0.05) is 31.7 Å². The van der Waals surface area contributed by atoms with Crippen LogP contribution in [0.1, 0.15) is 60.0 Å². The number of carbonyl (C=O) groups is 1. The van der Waals surface area contributed by atoms with Crippen molar-refractivity contribution in [1.29, 1.82) is 0 Å². The van der Waals surface area contributed by atoms with Crippen LogP contribution in [-0.2, 0) is 13.1 Å². The first-order valence-corrected chi connectivity index (χ1v) is 11.0. The molecule has 0 bridgehead atoms. The van der Waals surface area contributed by atoms with Crippen LogP contribution >= 0.6 is 0 Å². The van der Waals surface area contributed by atoms with Crippen molar-refractivity contribution in [2.45, 2.75) is 69.9 Å². The topological polar surface area (TPSA) is 64.0 Å². The molecule has 5 rings (SSSR count). The molecule has 2 heterocycles. The summed E-state index contributed by atoms with van der Waals surface area (Å²) in [6.45, 7) is 3.19. The highest BCUT2D eigenvalue weighted by Gasteiger charge is 2.38. The van der Waals surface area contributed by atoms with Crippen molar-refractivity contribution in [1.82, 2.24) is 9.80 Å². The lowest BCUT2D eigenvalue weighted by Gasteiger charge is -2.35. The molecule has 1 aliphatic carbocycles. The molecule has 2 fully saturated rings. The Labute approximate surface area is 171 Å². The SMILES string of the molecule is O=C1c2cc(CN3CCC(O)CC3)c3ccccc3c2CN1C1CCCCC1O. The van der Waals surface area contributed by atoms with Crippen molar-refractivity contribution >= 4 is 16.7 Å². The van der Waals surface area contributed by atoms with Crippen molar-refractivity contribution in [2.24, 2.45) is 0 Å². The van der Waals surface area contributed by atoms with Gasteiger partial charge in [0.15, 0.2) is 0 Å². The predicted molar refractivity (Wildman–Crippen MR) is 113 cm³/mol. The summed E-state index contributed by atoms with van der Waals surface area (Å²) in [5, 5.41) is 22.7. The molecule has 2 unspecified atom stereocenters. The van der Waals surface area contributed by atoms with E-state index in [-0.39, 0.29) is 18.1 Å². The Morgan fingerprint density at radius 2 is 1.69 bits per heavy atom. The molecule has 2 atom stereocenters. The molecule has 2 aliphatic heterocycles. The first kappa shape index (κ1) is 19.0. The Bertz CT molecular complexity index is 920. The number of aliphatic hydroxyl groups excluding tert-OH is 2. The summed E-state index contributed by atoms with van der Waals surface area (Å²) in [7, 11) is 0. The minimum absolute atomic E-state index is 0.0607. The van der Waals surface area contributed by atoms with Crippen molar-refractivity contribution in [2.75, 3.05) is 13.1 Å². The van der Waals surface area contributed by atoms with E-state index in [4.69, 9.17) is 0 Å². The maximum absolute atomic E-state index is 13.3. The quantitative estimate of drug-likeness (QED) is 0.840. The molecule has 29 heavy (non-hydrogen) atoms. The summed E-state index contributed by atoms with van der Waals surface area (Å²) < 4.78 is 0. The van der Waals surface area contributed by atoms with Gasteiger partial charge in [-0.05, 0) is 53.6 Å². The summed E-state index contributed by atoms with van der Waals surface area (Å²) in [6, 6.07) is 10.4. The first-order valence-electron chi connectivity index (χ1n) is 11.0. The maximum atomic E-state index is 13.3. The molecule has 0 spiro atoms. The number of carbonyl (C=O) groups excluding carboxylic acids is 1. The largest absolute Gasteiger partial charge is 0.393 e. The molecule has 1 saturated carbocycles. The molecule has 0 radical (unpaired) electrons. The van der Waals surface area contributed by atoms with E-state index >= 15 is 0 Å². The van der Waals surface area contributed by atoms with E-state index in [2.05, 4.69) is 29.2 Å². The van der Waals surface area contributed by atoms with E-state index in [9.17, 15) is 15.0 Å². The molecule has 154 valence electrons. The second kappa shape index (κ2) is 7.71. The smallest absolute Gasteiger partial charge is 0.254 e. The fourth-order valence-electron chi connectivity index (χ4n) is 5.44. The third-order valence-corrected chi connectivity index (χ3v) is 7.11. The minimum atomic E-state index is -0.410. The number of rotatable bonds is 3. The number of fused-ring (bicyclic) bond motifs is 3. The first-order chi connectivity index (χ1) is 14.1. The molecule has 2 aromatic carbocycles. The number of nitrogens with zero attached hydrogens (tertiary/aromatic N) is 2. The van der Waals surface area contributed by atoms with Crippen LogP contribution in [0.5, 0.6) is 0 Å². The van der Waals surface area contributed by atoms with E-state index in [1.807, 2.05) is 11.0 Å². The van der Waals surface area contributed by atoms with E-state index in [1.54, 1.807) is 0 Å². The van der Waals surface area contributed by atoms with Crippen molar-refractivity contribution < 1.29 is 15.0 Å². The Morgan fingerprint density at radius 3 is 2.45 bits per heavy atom. The van der Waals surface area contributed by atoms with Crippen molar-refractivity contribution in [3.8, 4) is 0 Å². The van der Waals surface area contributed by atoms with Crippen LogP contribution in [0.2, 0.25) is 0 Å². The highest BCUT2D eigenvalue weighted by atomic mass is 16.3. The van der Waals surface area contributed by atoms with Gasteiger partial charge in [-0.1, -0.05) is 37.1 Å². The zero-order valence-electron chi connectivity index (χ0n) is 16.9. The summed E-state index contributed by atoms with van der Waals surface area (Å²) in [5.74, 6) is 0.0759. The van der Waals surface area contributed by atoms with Crippen LogP contribution in [-0.4, -0.2) is 57.3 Å². The second-order valence-corrected chi connectivity index (χ2v) is 8.97. The normalized spacial score (nSPS) is 26.3. The van der Waals surface area contributed by atoms with E-state index in [0.717, 1.165) is 74.7 Å². The third-order valence-electron chi connectivity index (χ3n) is 7.11. The summed E-state index contributed by atoms with van der Waals surface area (Å²) in [5.41, 5.74) is 3.12. The van der Waals surface area contributed by atoms with Crippen LogP contribution in [0, 0.1) is 0 Å². The van der Waals surface area contributed by atoms with Gasteiger partial charge in [-0.3, -0.25) is 9.69 Å². The lowest BCUT2D eigenvalue weighted by Crippen LogP contribution is -2.45. The molecule has 5 heteroatoms. The van der Waals surface area contributed by atoms with Crippen molar-refractivity contribution in [3.63, 3.8) is 0 Å². The number of amides is 1. The maximum Gasteiger partial charge on any atom is 0.254 e. The van der Waals surface area contributed by atoms with E-state index < -0.39 is 6.10 Å². The standard InChI is InChI=1S/C24H30N2O3/c27-17-9-11-25(12-10-17)14-16-13-20-21(19-6-2-1-5-18(16)19)15-26(24(20)29)22-7-3-4-8-23(22)28/h1-2,5-6,13,17,22-23,27-28H,3-4,7-12,14-15H2. The molecular weight excluding hydrogens is 364 g/mol. The number of likely N-dealkylation sites (tertiary alicyclic amines) is 1. The fraction of sp³-hybridized carbons (Fsp3) is 0.542. The van der Waals surface area contributed by atoms with Gasteiger partial charge in [-0.25, -0.2) is 0 Å². The summed E-state index contributed by atoms with van der Waals surface area (Å²) >= 11 is 0. The number of piperidine rings is 1. The van der Waals surface area contributed by atoms with Gasteiger partial charge in [0.25, 0.3) is 5.91 Å². The Balaban J connectivity index is 1.49. The van der Waals surface area contributed by atoms with Crippen LogP contribution in [0.4, 0.5) is 0 Å². The second-order valence-electron chi connectivity index (χ2n) is 8.97. The molecule has 2 aromatic rings. The summed E-state index contributed by atoms with van der Waals surface area (Å²) in [4.78, 5) is 17.6. The Kier molecular flexibility index (Phi) is 5.06. The Morgan fingerprint density at radius 1 is 0.966 bits per heavy atom. The molecule has 2 N–H and O–H groups in total. The number of aliphatic hydroxyl groups is 2.